The molecular weight excluding hydrogens is 200 g/mol. The largest absolute Gasteiger partial charge is 0.465 e. The van der Waals surface area contributed by atoms with E-state index in [0.717, 1.165) is 10.6 Å². The van der Waals surface area contributed by atoms with Gasteiger partial charge in [-0.3, -0.25) is 0 Å². The molecule has 0 bridgehead atoms. The van der Waals surface area contributed by atoms with Gasteiger partial charge in [-0.05, 0) is 6.07 Å². The lowest BCUT2D eigenvalue weighted by atomic mass is 10.3. The molecule has 0 spiro atoms. The summed E-state index contributed by atoms with van der Waals surface area (Å²) < 4.78 is 4.61. The van der Waals surface area contributed by atoms with Crippen molar-refractivity contribution in [2.75, 3.05) is 7.11 Å². The Labute approximate surface area is 84.6 Å². The molecule has 0 radical (unpaired) electrons. The number of thiophene rings is 1. The predicted molar refractivity (Wildman–Crippen MR) is 53.2 cm³/mol. The number of esters is 1. The normalized spacial score (nSPS) is 10.1. The summed E-state index contributed by atoms with van der Waals surface area (Å²) in [6.07, 6.45) is 3.39. The number of hydrogen-bond acceptors (Lipinski definition) is 4. The van der Waals surface area contributed by atoms with Crippen LogP contribution in [0.15, 0.2) is 24.0 Å². The Morgan fingerprint density at radius 2 is 2.50 bits per heavy atom. The minimum Gasteiger partial charge on any atom is -0.465 e. The first-order valence-electron chi connectivity index (χ1n) is 3.97. The van der Waals surface area contributed by atoms with E-state index in [0.29, 0.717) is 5.56 Å². The highest BCUT2D eigenvalue weighted by Gasteiger charge is 2.10. The van der Waals surface area contributed by atoms with Crippen molar-refractivity contribution >= 4 is 17.3 Å². The summed E-state index contributed by atoms with van der Waals surface area (Å²) >= 11 is 1.47. The Hall–Kier alpha value is -1.62. The van der Waals surface area contributed by atoms with E-state index in [-0.39, 0.29) is 5.97 Å². The SMILES string of the molecule is COC(=O)c1csc(-c2c[nH]cn2)c1. The summed E-state index contributed by atoms with van der Waals surface area (Å²) in [6, 6.07) is 1.77. The van der Waals surface area contributed by atoms with E-state index in [1.807, 2.05) is 0 Å². The molecule has 1 N–H and O–H groups in total. The molecule has 5 heteroatoms. The van der Waals surface area contributed by atoms with Crippen LogP contribution in [0.2, 0.25) is 0 Å². The third-order valence-corrected chi connectivity index (χ3v) is 2.72. The Balaban J connectivity index is 2.31. The third kappa shape index (κ3) is 1.54. The molecule has 0 saturated heterocycles. The van der Waals surface area contributed by atoms with E-state index in [1.54, 1.807) is 24.0 Å². The van der Waals surface area contributed by atoms with Crippen LogP contribution in [0.4, 0.5) is 0 Å². The van der Waals surface area contributed by atoms with Crippen molar-refractivity contribution in [1.82, 2.24) is 9.97 Å². The first-order valence-corrected chi connectivity index (χ1v) is 4.85. The average molecular weight is 208 g/mol. The molecule has 0 aliphatic heterocycles. The summed E-state index contributed by atoms with van der Waals surface area (Å²) in [4.78, 5) is 19.1. The van der Waals surface area contributed by atoms with Crippen molar-refractivity contribution in [3.8, 4) is 10.6 Å². The smallest absolute Gasteiger partial charge is 0.338 e. The van der Waals surface area contributed by atoms with Crippen LogP contribution in [0.25, 0.3) is 10.6 Å². The second kappa shape index (κ2) is 3.63. The molecule has 0 aliphatic rings. The molecular formula is C9H8N2O2S. The van der Waals surface area contributed by atoms with Crippen LogP contribution in [-0.2, 0) is 4.74 Å². The van der Waals surface area contributed by atoms with Gasteiger partial charge in [-0.1, -0.05) is 0 Å². The summed E-state index contributed by atoms with van der Waals surface area (Å²) in [7, 11) is 1.37. The lowest BCUT2D eigenvalue weighted by Crippen LogP contribution is -1.97. The molecule has 0 saturated carbocycles. The quantitative estimate of drug-likeness (QED) is 0.767. The number of H-pyrrole nitrogens is 1. The van der Waals surface area contributed by atoms with Crippen molar-refractivity contribution < 1.29 is 9.53 Å². The van der Waals surface area contributed by atoms with Crippen LogP contribution >= 0.6 is 11.3 Å². The third-order valence-electron chi connectivity index (χ3n) is 1.77. The average Bonchev–Trinajstić information content (AvgIpc) is 2.86. The minimum atomic E-state index is -0.317. The molecule has 2 rings (SSSR count). The highest BCUT2D eigenvalue weighted by atomic mass is 32.1. The molecule has 2 heterocycles. The maximum atomic E-state index is 11.2. The maximum absolute atomic E-state index is 11.2. The van der Waals surface area contributed by atoms with Crippen molar-refractivity contribution in [1.29, 1.82) is 0 Å². The lowest BCUT2D eigenvalue weighted by Gasteiger charge is -1.91. The number of methoxy groups -OCH3 is 1. The lowest BCUT2D eigenvalue weighted by molar-refractivity contribution is 0.0601. The van der Waals surface area contributed by atoms with Crippen LogP contribution in [-0.4, -0.2) is 23.0 Å². The number of hydrogen-bond donors (Lipinski definition) is 1. The second-order valence-corrected chi connectivity index (χ2v) is 3.56. The van der Waals surface area contributed by atoms with Crippen molar-refractivity contribution in [3.05, 3.63) is 29.5 Å². The molecule has 4 nitrogen and oxygen atoms in total. The van der Waals surface area contributed by atoms with Gasteiger partial charge in [0, 0.05) is 11.6 Å². The van der Waals surface area contributed by atoms with Gasteiger partial charge >= 0.3 is 5.97 Å². The van der Waals surface area contributed by atoms with Gasteiger partial charge in [0.15, 0.2) is 0 Å². The number of rotatable bonds is 2. The molecule has 0 fully saturated rings. The van der Waals surface area contributed by atoms with E-state index in [1.165, 1.54) is 18.4 Å². The van der Waals surface area contributed by atoms with E-state index in [2.05, 4.69) is 14.7 Å². The zero-order valence-corrected chi connectivity index (χ0v) is 8.30. The van der Waals surface area contributed by atoms with Gasteiger partial charge in [0.05, 0.1) is 29.6 Å². The van der Waals surface area contributed by atoms with Gasteiger partial charge < -0.3 is 9.72 Å². The number of carbonyl (C=O) groups is 1. The number of imidazole rings is 1. The summed E-state index contributed by atoms with van der Waals surface area (Å²) in [5.74, 6) is -0.317. The van der Waals surface area contributed by atoms with Crippen LogP contribution in [0, 0.1) is 0 Å². The zero-order valence-electron chi connectivity index (χ0n) is 7.48. The number of nitrogens with zero attached hydrogens (tertiary/aromatic N) is 1. The highest BCUT2D eigenvalue weighted by molar-refractivity contribution is 7.13. The number of aromatic amines is 1. The topological polar surface area (TPSA) is 55.0 Å². The minimum absolute atomic E-state index is 0.317. The molecule has 0 aromatic carbocycles. The van der Waals surface area contributed by atoms with Crippen molar-refractivity contribution in [2.24, 2.45) is 0 Å². The van der Waals surface area contributed by atoms with Gasteiger partial charge in [-0.25, -0.2) is 9.78 Å². The Morgan fingerprint density at radius 3 is 3.14 bits per heavy atom. The second-order valence-electron chi connectivity index (χ2n) is 2.65. The van der Waals surface area contributed by atoms with Gasteiger partial charge in [-0.2, -0.15) is 0 Å². The summed E-state index contributed by atoms with van der Waals surface area (Å²) in [5.41, 5.74) is 1.40. The summed E-state index contributed by atoms with van der Waals surface area (Å²) in [6.45, 7) is 0. The molecule has 0 atom stereocenters. The van der Waals surface area contributed by atoms with Crippen LogP contribution in [0.1, 0.15) is 10.4 Å². The van der Waals surface area contributed by atoms with E-state index >= 15 is 0 Å². The van der Waals surface area contributed by atoms with Crippen LogP contribution in [0.5, 0.6) is 0 Å². The first kappa shape index (κ1) is 8.96. The van der Waals surface area contributed by atoms with E-state index in [9.17, 15) is 4.79 Å². The number of carbonyl (C=O) groups excluding carboxylic acids is 1. The molecule has 0 unspecified atom stereocenters. The van der Waals surface area contributed by atoms with Gasteiger partial charge in [-0.15, -0.1) is 11.3 Å². The van der Waals surface area contributed by atoms with Gasteiger partial charge in [0.2, 0.25) is 0 Å². The van der Waals surface area contributed by atoms with Crippen LogP contribution in [0.3, 0.4) is 0 Å². The van der Waals surface area contributed by atoms with Crippen LogP contribution < -0.4 is 0 Å². The summed E-state index contributed by atoms with van der Waals surface area (Å²) in [5, 5.41) is 1.76. The molecule has 14 heavy (non-hydrogen) atoms. The molecule has 0 amide bonds. The molecule has 2 aromatic heterocycles. The fourth-order valence-electron chi connectivity index (χ4n) is 1.09. The Kier molecular flexibility index (Phi) is 2.32. The van der Waals surface area contributed by atoms with Crippen molar-refractivity contribution in [3.63, 3.8) is 0 Å². The van der Waals surface area contributed by atoms with Gasteiger partial charge in [0.1, 0.15) is 0 Å². The number of aromatic nitrogens is 2. The number of nitrogens with one attached hydrogen (secondary N) is 1. The first-order chi connectivity index (χ1) is 6.81. The number of ether oxygens (including phenoxy) is 1. The fourth-order valence-corrected chi connectivity index (χ4v) is 1.94. The van der Waals surface area contributed by atoms with E-state index in [4.69, 9.17) is 0 Å². The Morgan fingerprint density at radius 1 is 1.64 bits per heavy atom. The zero-order chi connectivity index (χ0) is 9.97. The van der Waals surface area contributed by atoms with E-state index < -0.39 is 0 Å². The van der Waals surface area contributed by atoms with Crippen molar-refractivity contribution in [2.45, 2.75) is 0 Å². The standard InChI is InChI=1S/C9H8N2O2S/c1-13-9(12)6-2-8(14-4-6)7-3-10-5-11-7/h2-5H,1H3,(H,10,11). The Bertz CT molecular complexity index is 433. The molecule has 0 aliphatic carbocycles. The monoisotopic (exact) mass is 208 g/mol. The molecule has 2 aromatic rings. The highest BCUT2D eigenvalue weighted by Crippen LogP contribution is 2.25. The fraction of sp³-hybridized carbons (Fsp3) is 0.111. The predicted octanol–water partition coefficient (Wildman–Crippen LogP) is 1.92. The maximum Gasteiger partial charge on any atom is 0.338 e. The van der Waals surface area contributed by atoms with Gasteiger partial charge in [0.25, 0.3) is 0 Å². The molecule has 72 valence electrons.